The highest BCUT2D eigenvalue weighted by atomic mass is 16.2. The predicted molar refractivity (Wildman–Crippen MR) is 58.8 cm³/mol. The molecule has 0 spiro atoms. The fourth-order valence-corrected chi connectivity index (χ4v) is 1.10. The zero-order valence-electron chi connectivity index (χ0n) is 9.63. The Morgan fingerprint density at radius 3 is 2.62 bits per heavy atom. The van der Waals surface area contributed by atoms with Gasteiger partial charge in [0, 0.05) is 11.7 Å². The Balaban J connectivity index is 2.35. The van der Waals surface area contributed by atoms with E-state index in [1.807, 2.05) is 20.8 Å². The molecule has 0 aliphatic rings. The SMILES string of the molecule is CC(C)(C)NC(=O)CNC(=O)c1cn[nH]c1. The van der Waals surface area contributed by atoms with Gasteiger partial charge in [0.25, 0.3) is 5.91 Å². The molecule has 0 radical (unpaired) electrons. The van der Waals surface area contributed by atoms with Crippen molar-refractivity contribution in [2.24, 2.45) is 0 Å². The van der Waals surface area contributed by atoms with Crippen molar-refractivity contribution in [3.05, 3.63) is 18.0 Å². The van der Waals surface area contributed by atoms with E-state index in [9.17, 15) is 9.59 Å². The summed E-state index contributed by atoms with van der Waals surface area (Å²) in [5, 5.41) is 11.4. The minimum absolute atomic E-state index is 0.0404. The highest BCUT2D eigenvalue weighted by Gasteiger charge is 2.14. The van der Waals surface area contributed by atoms with E-state index in [0.717, 1.165) is 0 Å². The topological polar surface area (TPSA) is 86.9 Å². The van der Waals surface area contributed by atoms with Crippen molar-refractivity contribution >= 4 is 11.8 Å². The van der Waals surface area contributed by atoms with E-state index in [0.29, 0.717) is 5.56 Å². The van der Waals surface area contributed by atoms with E-state index in [1.165, 1.54) is 12.4 Å². The lowest BCUT2D eigenvalue weighted by Gasteiger charge is -2.20. The molecule has 0 aliphatic carbocycles. The van der Waals surface area contributed by atoms with Crippen LogP contribution in [-0.2, 0) is 4.79 Å². The van der Waals surface area contributed by atoms with E-state index in [2.05, 4.69) is 20.8 Å². The van der Waals surface area contributed by atoms with Gasteiger partial charge < -0.3 is 10.6 Å². The van der Waals surface area contributed by atoms with Gasteiger partial charge in [-0.15, -0.1) is 0 Å². The van der Waals surface area contributed by atoms with Crippen LogP contribution in [0.25, 0.3) is 0 Å². The van der Waals surface area contributed by atoms with E-state index < -0.39 is 0 Å². The van der Waals surface area contributed by atoms with Gasteiger partial charge in [0.2, 0.25) is 5.91 Å². The molecule has 2 amide bonds. The maximum absolute atomic E-state index is 11.4. The average molecular weight is 224 g/mol. The molecule has 0 aromatic carbocycles. The molecule has 88 valence electrons. The number of hydrogen-bond donors (Lipinski definition) is 3. The highest BCUT2D eigenvalue weighted by Crippen LogP contribution is 1.97. The number of carbonyl (C=O) groups is 2. The normalized spacial score (nSPS) is 10.9. The molecular weight excluding hydrogens is 208 g/mol. The first-order valence-electron chi connectivity index (χ1n) is 4.96. The molecule has 1 aromatic heterocycles. The lowest BCUT2D eigenvalue weighted by atomic mass is 10.1. The number of aromatic nitrogens is 2. The summed E-state index contributed by atoms with van der Waals surface area (Å²) in [5.41, 5.74) is 0.112. The molecule has 1 aromatic rings. The van der Waals surface area contributed by atoms with E-state index >= 15 is 0 Å². The number of aromatic amines is 1. The summed E-state index contributed by atoms with van der Waals surface area (Å²) in [5.74, 6) is -0.540. The monoisotopic (exact) mass is 224 g/mol. The molecule has 0 aliphatic heterocycles. The molecular formula is C10H16N4O2. The van der Waals surface area contributed by atoms with Gasteiger partial charge in [-0.25, -0.2) is 0 Å². The summed E-state index contributed by atoms with van der Waals surface area (Å²) in [4.78, 5) is 22.8. The Bertz CT molecular complexity index is 365. The van der Waals surface area contributed by atoms with Crippen LogP contribution < -0.4 is 10.6 Å². The van der Waals surface area contributed by atoms with Crippen molar-refractivity contribution < 1.29 is 9.59 Å². The second-order valence-corrected chi connectivity index (χ2v) is 4.47. The van der Waals surface area contributed by atoms with Crippen molar-refractivity contribution in [1.82, 2.24) is 20.8 Å². The van der Waals surface area contributed by atoms with Crippen molar-refractivity contribution in [3.8, 4) is 0 Å². The molecule has 0 unspecified atom stereocenters. The molecule has 0 bridgehead atoms. The number of nitrogens with one attached hydrogen (secondary N) is 3. The summed E-state index contributed by atoms with van der Waals surface area (Å²) in [6.45, 7) is 5.59. The largest absolute Gasteiger partial charge is 0.350 e. The summed E-state index contributed by atoms with van der Waals surface area (Å²) < 4.78 is 0. The third-order valence-corrected chi connectivity index (χ3v) is 1.68. The highest BCUT2D eigenvalue weighted by molar-refractivity contribution is 5.96. The minimum Gasteiger partial charge on any atom is -0.350 e. The van der Waals surface area contributed by atoms with Gasteiger partial charge in [-0.1, -0.05) is 0 Å². The van der Waals surface area contributed by atoms with Gasteiger partial charge in [-0.05, 0) is 20.8 Å². The predicted octanol–water partition coefficient (Wildman–Crippen LogP) is 0.0542. The first kappa shape index (κ1) is 12.2. The Hall–Kier alpha value is -1.85. The fraction of sp³-hybridized carbons (Fsp3) is 0.500. The number of nitrogens with zero attached hydrogens (tertiary/aromatic N) is 1. The Kier molecular flexibility index (Phi) is 3.65. The van der Waals surface area contributed by atoms with Gasteiger partial charge in [0.1, 0.15) is 0 Å². The lowest BCUT2D eigenvalue weighted by molar-refractivity contribution is -0.121. The van der Waals surface area contributed by atoms with Crippen LogP contribution in [0.3, 0.4) is 0 Å². The molecule has 6 nitrogen and oxygen atoms in total. The van der Waals surface area contributed by atoms with Crippen LogP contribution in [0, 0.1) is 0 Å². The van der Waals surface area contributed by atoms with Crippen LogP contribution in [0.5, 0.6) is 0 Å². The molecule has 16 heavy (non-hydrogen) atoms. The van der Waals surface area contributed by atoms with Gasteiger partial charge in [0.15, 0.2) is 0 Å². The van der Waals surface area contributed by atoms with E-state index in [1.54, 1.807) is 0 Å². The van der Waals surface area contributed by atoms with Gasteiger partial charge in [-0.2, -0.15) is 5.10 Å². The van der Waals surface area contributed by atoms with Crippen LogP contribution in [0.4, 0.5) is 0 Å². The molecule has 6 heteroatoms. The van der Waals surface area contributed by atoms with E-state index in [4.69, 9.17) is 0 Å². The van der Waals surface area contributed by atoms with Crippen LogP contribution >= 0.6 is 0 Å². The smallest absolute Gasteiger partial charge is 0.254 e. The summed E-state index contributed by atoms with van der Waals surface area (Å²) >= 11 is 0. The molecule has 0 saturated heterocycles. The van der Waals surface area contributed by atoms with Gasteiger partial charge in [0.05, 0.1) is 18.3 Å². The lowest BCUT2D eigenvalue weighted by Crippen LogP contribution is -2.45. The quantitative estimate of drug-likeness (QED) is 0.678. The summed E-state index contributed by atoms with van der Waals surface area (Å²) in [7, 11) is 0. The molecule has 0 fully saturated rings. The van der Waals surface area contributed by atoms with Crippen LogP contribution in [0.15, 0.2) is 12.4 Å². The number of rotatable bonds is 3. The number of H-pyrrole nitrogens is 1. The Morgan fingerprint density at radius 1 is 1.44 bits per heavy atom. The minimum atomic E-state index is -0.321. The number of carbonyl (C=O) groups excluding carboxylic acids is 2. The first-order valence-corrected chi connectivity index (χ1v) is 4.96. The fourth-order valence-electron chi connectivity index (χ4n) is 1.10. The maximum atomic E-state index is 11.4. The van der Waals surface area contributed by atoms with Crippen molar-refractivity contribution in [2.75, 3.05) is 6.54 Å². The second kappa shape index (κ2) is 4.78. The maximum Gasteiger partial charge on any atom is 0.254 e. The summed E-state index contributed by atoms with van der Waals surface area (Å²) in [6, 6.07) is 0. The van der Waals surface area contributed by atoms with Crippen LogP contribution in [0.2, 0.25) is 0 Å². The average Bonchev–Trinajstić information content (AvgIpc) is 2.64. The third-order valence-electron chi connectivity index (χ3n) is 1.68. The van der Waals surface area contributed by atoms with E-state index in [-0.39, 0.29) is 23.9 Å². The van der Waals surface area contributed by atoms with Crippen LogP contribution in [0.1, 0.15) is 31.1 Å². The summed E-state index contributed by atoms with van der Waals surface area (Å²) in [6.07, 6.45) is 2.87. The van der Waals surface area contributed by atoms with Gasteiger partial charge >= 0.3 is 0 Å². The standard InChI is InChI=1S/C10H16N4O2/c1-10(2,3)14-8(15)6-11-9(16)7-4-12-13-5-7/h4-5H,6H2,1-3H3,(H,11,16)(H,12,13)(H,14,15). The molecule has 1 heterocycles. The molecule has 1 rings (SSSR count). The zero-order chi connectivity index (χ0) is 12.2. The molecule has 3 N–H and O–H groups in total. The molecule has 0 atom stereocenters. The number of amides is 2. The Morgan fingerprint density at radius 2 is 2.12 bits per heavy atom. The first-order chi connectivity index (χ1) is 7.38. The third kappa shape index (κ3) is 4.12. The molecule has 0 saturated carbocycles. The van der Waals surface area contributed by atoms with Crippen molar-refractivity contribution in [2.45, 2.75) is 26.3 Å². The second-order valence-electron chi connectivity index (χ2n) is 4.47. The van der Waals surface area contributed by atoms with Crippen LogP contribution in [-0.4, -0.2) is 34.1 Å². The zero-order valence-corrected chi connectivity index (χ0v) is 9.63. The number of hydrogen-bond acceptors (Lipinski definition) is 3. The van der Waals surface area contributed by atoms with Crippen molar-refractivity contribution in [3.63, 3.8) is 0 Å². The Labute approximate surface area is 93.8 Å². The van der Waals surface area contributed by atoms with Gasteiger partial charge in [-0.3, -0.25) is 14.7 Å². The van der Waals surface area contributed by atoms with Crippen molar-refractivity contribution in [1.29, 1.82) is 0 Å².